The highest BCUT2D eigenvalue weighted by Gasteiger charge is 2.46. The average molecular weight is 364 g/mol. The van der Waals surface area contributed by atoms with Crippen molar-refractivity contribution >= 4 is 29.2 Å². The van der Waals surface area contributed by atoms with Crippen LogP contribution in [0.15, 0.2) is 18.2 Å². The molecule has 0 saturated carbocycles. The predicted molar refractivity (Wildman–Crippen MR) is 95.1 cm³/mol. The fourth-order valence-electron chi connectivity index (χ4n) is 2.97. The van der Waals surface area contributed by atoms with Gasteiger partial charge in [0.25, 0.3) is 0 Å². The van der Waals surface area contributed by atoms with Crippen molar-refractivity contribution in [3.63, 3.8) is 0 Å². The predicted octanol–water partition coefficient (Wildman–Crippen LogP) is 1.22. The summed E-state index contributed by atoms with van der Waals surface area (Å²) in [6.45, 7) is 2.69. The van der Waals surface area contributed by atoms with Crippen molar-refractivity contribution in [2.24, 2.45) is 5.92 Å². The van der Waals surface area contributed by atoms with Gasteiger partial charge in [-0.2, -0.15) is 0 Å². The van der Waals surface area contributed by atoms with Crippen LogP contribution in [0.5, 0.6) is 0 Å². The molecule has 1 aliphatic rings. The van der Waals surface area contributed by atoms with E-state index in [1.165, 1.54) is 23.1 Å². The molecule has 1 aromatic carbocycles. The van der Waals surface area contributed by atoms with Crippen molar-refractivity contribution in [1.82, 2.24) is 0 Å². The van der Waals surface area contributed by atoms with E-state index in [-0.39, 0.29) is 47.5 Å². The Hall–Kier alpha value is -2.45. The Labute approximate surface area is 151 Å². The van der Waals surface area contributed by atoms with Crippen LogP contribution in [-0.2, 0) is 9.59 Å². The van der Waals surface area contributed by atoms with Gasteiger partial charge in [0.05, 0.1) is 35.7 Å². The first-order chi connectivity index (χ1) is 12.3. The van der Waals surface area contributed by atoms with Crippen LogP contribution in [0.25, 0.3) is 0 Å². The molecule has 0 aromatic heterocycles. The molecule has 0 spiro atoms. The molecule has 1 fully saturated rings. The Bertz CT molecular complexity index is 714. The van der Waals surface area contributed by atoms with Crippen molar-refractivity contribution in [2.45, 2.75) is 38.6 Å². The molecule has 8 nitrogen and oxygen atoms in total. The molecule has 0 radical (unpaired) electrons. The summed E-state index contributed by atoms with van der Waals surface area (Å²) in [6, 6.07) is 4.02. The molecule has 1 heterocycles. The quantitative estimate of drug-likeness (QED) is 0.576. The van der Waals surface area contributed by atoms with E-state index in [0.29, 0.717) is 6.42 Å². The molecule has 4 N–H and O–H groups in total. The summed E-state index contributed by atoms with van der Waals surface area (Å²) in [4.78, 5) is 37.3. The first-order valence-electron chi connectivity index (χ1n) is 8.52. The second kappa shape index (κ2) is 7.84. The Morgan fingerprint density at radius 1 is 1.31 bits per heavy atom. The molecule has 142 valence electrons. The highest BCUT2D eigenvalue weighted by molar-refractivity contribution is 6.05. The molecule has 1 atom stereocenters. The highest BCUT2D eigenvalue weighted by atomic mass is 16.4. The molecule has 0 bridgehead atoms. The largest absolute Gasteiger partial charge is 0.478 e. The zero-order chi connectivity index (χ0) is 19.5. The molecule has 26 heavy (non-hydrogen) atoms. The van der Waals surface area contributed by atoms with Crippen LogP contribution in [-0.4, -0.2) is 51.9 Å². The van der Waals surface area contributed by atoms with E-state index < -0.39 is 24.7 Å². The molecular weight excluding hydrogens is 340 g/mol. The summed E-state index contributed by atoms with van der Waals surface area (Å²) < 4.78 is 0. The van der Waals surface area contributed by atoms with Gasteiger partial charge < -0.3 is 20.6 Å². The minimum atomic E-state index is -1.18. The molecule has 0 aliphatic carbocycles. The second-order valence-corrected chi connectivity index (χ2v) is 6.61. The fraction of sp³-hybridized carbons (Fsp3) is 0.500. The summed E-state index contributed by atoms with van der Waals surface area (Å²) >= 11 is 0. The third-order valence-corrected chi connectivity index (χ3v) is 4.92. The molecule has 1 aliphatic heterocycles. The van der Waals surface area contributed by atoms with Gasteiger partial charge in [0.15, 0.2) is 0 Å². The van der Waals surface area contributed by atoms with Crippen LogP contribution in [0.3, 0.4) is 0 Å². The Balaban J connectivity index is 2.54. The van der Waals surface area contributed by atoms with Crippen LogP contribution >= 0.6 is 0 Å². The van der Waals surface area contributed by atoms with Gasteiger partial charge in [-0.1, -0.05) is 13.8 Å². The standard InChI is InChI=1S/C18H24N2O6/c1-3-11(2)16(24)19-13-8-12(17(25)26)4-5-14(13)20-15(23)6-7-18(20,9-21)10-22/h4-5,8,11,21-22H,3,6-7,9-10H2,1-2H3,(H,19,24)(H,25,26). The minimum absolute atomic E-state index is 0.0431. The van der Waals surface area contributed by atoms with Crippen molar-refractivity contribution in [3.8, 4) is 0 Å². The number of carbonyl (C=O) groups is 3. The fourth-order valence-corrected chi connectivity index (χ4v) is 2.97. The minimum Gasteiger partial charge on any atom is -0.478 e. The molecule has 2 amide bonds. The number of nitrogens with one attached hydrogen (secondary N) is 1. The lowest BCUT2D eigenvalue weighted by molar-refractivity contribution is -0.119. The molecule has 1 saturated heterocycles. The van der Waals surface area contributed by atoms with E-state index >= 15 is 0 Å². The Morgan fingerprint density at radius 3 is 2.50 bits per heavy atom. The number of hydrogen-bond donors (Lipinski definition) is 4. The number of hydrogen-bond acceptors (Lipinski definition) is 5. The Kier molecular flexibility index (Phi) is 5.99. The molecule has 1 unspecified atom stereocenters. The van der Waals surface area contributed by atoms with E-state index in [4.69, 9.17) is 0 Å². The molecule has 8 heteroatoms. The summed E-state index contributed by atoms with van der Waals surface area (Å²) in [6.07, 6.45) is 0.998. The highest BCUT2D eigenvalue weighted by Crippen LogP contribution is 2.39. The lowest BCUT2D eigenvalue weighted by atomic mass is 9.97. The zero-order valence-electron chi connectivity index (χ0n) is 14.9. The number of aromatic carboxylic acids is 1. The van der Waals surface area contributed by atoms with Crippen LogP contribution in [0.1, 0.15) is 43.5 Å². The van der Waals surface area contributed by atoms with E-state index in [9.17, 15) is 29.7 Å². The number of rotatable bonds is 7. The number of anilines is 2. The molecule has 1 aromatic rings. The number of aliphatic hydroxyl groups excluding tert-OH is 2. The van der Waals surface area contributed by atoms with Crippen molar-refractivity contribution in [2.75, 3.05) is 23.4 Å². The third kappa shape index (κ3) is 3.56. The first-order valence-corrected chi connectivity index (χ1v) is 8.52. The van der Waals surface area contributed by atoms with Gasteiger partial charge in [-0.05, 0) is 31.0 Å². The van der Waals surface area contributed by atoms with Crippen molar-refractivity contribution in [1.29, 1.82) is 0 Å². The topological polar surface area (TPSA) is 127 Å². The number of carboxylic acid groups (broad SMARTS) is 1. The maximum atomic E-state index is 12.4. The van der Waals surface area contributed by atoms with Gasteiger partial charge in [0.1, 0.15) is 0 Å². The van der Waals surface area contributed by atoms with Crippen LogP contribution in [0.4, 0.5) is 11.4 Å². The molecule has 2 rings (SSSR count). The first kappa shape index (κ1) is 19.9. The maximum absolute atomic E-state index is 12.4. The monoisotopic (exact) mass is 364 g/mol. The van der Waals surface area contributed by atoms with Crippen LogP contribution in [0.2, 0.25) is 0 Å². The number of aliphatic hydroxyl groups is 2. The van der Waals surface area contributed by atoms with Crippen molar-refractivity contribution < 1.29 is 29.7 Å². The van der Waals surface area contributed by atoms with E-state index in [1.807, 2.05) is 6.92 Å². The normalized spacial score (nSPS) is 17.2. The smallest absolute Gasteiger partial charge is 0.335 e. The van der Waals surface area contributed by atoms with Gasteiger partial charge in [0, 0.05) is 12.3 Å². The Morgan fingerprint density at radius 2 is 1.96 bits per heavy atom. The SMILES string of the molecule is CCC(C)C(=O)Nc1cc(C(=O)O)ccc1N1C(=O)CCC1(CO)CO. The lowest BCUT2D eigenvalue weighted by Gasteiger charge is -2.36. The average Bonchev–Trinajstić information content (AvgIpc) is 2.97. The van der Waals surface area contributed by atoms with Gasteiger partial charge in [0.2, 0.25) is 11.8 Å². The summed E-state index contributed by atoms with van der Waals surface area (Å²) in [5.41, 5.74) is -0.801. The van der Waals surface area contributed by atoms with E-state index in [2.05, 4.69) is 5.32 Å². The van der Waals surface area contributed by atoms with Crippen LogP contribution < -0.4 is 10.2 Å². The molecular formula is C18H24N2O6. The van der Waals surface area contributed by atoms with Gasteiger partial charge in [-0.3, -0.25) is 14.5 Å². The van der Waals surface area contributed by atoms with Gasteiger partial charge >= 0.3 is 5.97 Å². The summed E-state index contributed by atoms with van der Waals surface area (Å²) in [5.74, 6) is -2.08. The van der Waals surface area contributed by atoms with E-state index in [0.717, 1.165) is 0 Å². The maximum Gasteiger partial charge on any atom is 0.335 e. The number of carboxylic acids is 1. The second-order valence-electron chi connectivity index (χ2n) is 6.61. The lowest BCUT2D eigenvalue weighted by Crippen LogP contribution is -2.52. The number of nitrogens with zero attached hydrogens (tertiary/aromatic N) is 1. The summed E-state index contributed by atoms with van der Waals surface area (Å²) in [5, 5.41) is 31.5. The van der Waals surface area contributed by atoms with Gasteiger partial charge in [-0.25, -0.2) is 4.79 Å². The number of benzene rings is 1. The van der Waals surface area contributed by atoms with Gasteiger partial charge in [-0.15, -0.1) is 0 Å². The van der Waals surface area contributed by atoms with E-state index in [1.54, 1.807) is 6.92 Å². The third-order valence-electron chi connectivity index (χ3n) is 4.92. The van der Waals surface area contributed by atoms with Crippen molar-refractivity contribution in [3.05, 3.63) is 23.8 Å². The summed E-state index contributed by atoms with van der Waals surface area (Å²) in [7, 11) is 0. The zero-order valence-corrected chi connectivity index (χ0v) is 14.9. The number of amides is 2. The van der Waals surface area contributed by atoms with Crippen LogP contribution in [0, 0.1) is 5.92 Å². The number of carbonyl (C=O) groups excluding carboxylic acids is 2.